The van der Waals surface area contributed by atoms with Crippen LogP contribution in [0.2, 0.25) is 0 Å². The molecule has 0 bridgehead atoms. The van der Waals surface area contributed by atoms with Crippen molar-refractivity contribution < 1.29 is 18.2 Å². The highest BCUT2D eigenvalue weighted by molar-refractivity contribution is 7.84. The van der Waals surface area contributed by atoms with Crippen molar-refractivity contribution in [3.05, 3.63) is 29.0 Å². The number of thiophene rings is 1. The van der Waals surface area contributed by atoms with E-state index in [-0.39, 0.29) is 17.4 Å². The number of nitrogens with zero attached hydrogens (tertiary/aromatic N) is 1. The highest BCUT2D eigenvalue weighted by atomic mass is 32.2. The highest BCUT2D eigenvalue weighted by Crippen LogP contribution is 2.26. The summed E-state index contributed by atoms with van der Waals surface area (Å²) in [5.41, 5.74) is 0.631. The Morgan fingerprint density at radius 1 is 1.55 bits per heavy atom. The van der Waals surface area contributed by atoms with Crippen LogP contribution in [0.1, 0.15) is 11.5 Å². The van der Waals surface area contributed by atoms with E-state index in [1.54, 1.807) is 14.0 Å². The first-order chi connectivity index (χ1) is 10.6. The van der Waals surface area contributed by atoms with Crippen LogP contribution in [-0.4, -0.2) is 41.1 Å². The molecule has 0 aliphatic heterocycles. The second-order valence-corrected chi connectivity index (χ2v) is 6.98. The monoisotopic (exact) mass is 342 g/mol. The van der Waals surface area contributed by atoms with Crippen LogP contribution in [0.4, 0.5) is 0 Å². The Morgan fingerprint density at radius 3 is 3.05 bits per heavy atom. The van der Waals surface area contributed by atoms with E-state index < -0.39 is 10.8 Å². The maximum atomic E-state index is 12.0. The second kappa shape index (κ2) is 8.21. The minimum absolute atomic E-state index is 0.0512. The molecule has 1 N–H and O–H groups in total. The van der Waals surface area contributed by atoms with E-state index in [0.717, 1.165) is 4.88 Å². The first kappa shape index (κ1) is 16.9. The van der Waals surface area contributed by atoms with Crippen LogP contribution in [0.5, 0.6) is 0 Å². The average molecular weight is 342 g/mol. The molecule has 2 aromatic rings. The fourth-order valence-electron chi connectivity index (χ4n) is 1.76. The van der Waals surface area contributed by atoms with Gasteiger partial charge in [0.2, 0.25) is 11.8 Å². The van der Waals surface area contributed by atoms with Crippen molar-refractivity contribution in [2.75, 3.05) is 26.0 Å². The van der Waals surface area contributed by atoms with E-state index >= 15 is 0 Å². The molecule has 0 saturated heterocycles. The van der Waals surface area contributed by atoms with Crippen molar-refractivity contribution in [2.24, 2.45) is 0 Å². The van der Waals surface area contributed by atoms with E-state index in [1.807, 2.05) is 17.5 Å². The van der Waals surface area contributed by atoms with Crippen molar-refractivity contribution >= 4 is 28.0 Å². The highest BCUT2D eigenvalue weighted by Gasteiger charge is 2.16. The van der Waals surface area contributed by atoms with Crippen LogP contribution < -0.4 is 5.32 Å². The minimum atomic E-state index is -1.32. The molecular formula is C14H18N2O4S2. The number of ether oxygens (including phenoxy) is 1. The minimum Gasteiger partial charge on any atom is -0.440 e. The molecule has 1 amide bonds. The van der Waals surface area contributed by atoms with Crippen molar-refractivity contribution in [2.45, 2.75) is 12.7 Å². The van der Waals surface area contributed by atoms with Gasteiger partial charge in [-0.3, -0.25) is 9.00 Å². The third-order valence-electron chi connectivity index (χ3n) is 2.84. The fraction of sp³-hybridized carbons (Fsp3) is 0.429. The van der Waals surface area contributed by atoms with Crippen LogP contribution in [0, 0.1) is 6.92 Å². The number of hydrogen-bond acceptors (Lipinski definition) is 6. The van der Waals surface area contributed by atoms with Gasteiger partial charge in [0, 0.05) is 24.5 Å². The number of rotatable bonds is 8. The number of carbonyl (C=O) groups excluding carboxylic acids is 1. The summed E-state index contributed by atoms with van der Waals surface area (Å²) in [5, 5.41) is 4.58. The van der Waals surface area contributed by atoms with Gasteiger partial charge in [-0.15, -0.1) is 11.3 Å². The molecule has 2 rings (SSSR count). The number of nitrogens with one attached hydrogen (secondary N) is 1. The van der Waals surface area contributed by atoms with E-state index in [2.05, 4.69) is 10.3 Å². The van der Waals surface area contributed by atoms with Crippen molar-refractivity contribution in [1.29, 1.82) is 0 Å². The topological polar surface area (TPSA) is 81.4 Å². The molecule has 8 heteroatoms. The lowest BCUT2D eigenvalue weighted by atomic mass is 10.4. The molecule has 2 aromatic heterocycles. The molecule has 22 heavy (non-hydrogen) atoms. The maximum absolute atomic E-state index is 12.0. The number of hydrogen-bond donors (Lipinski definition) is 1. The molecule has 0 fully saturated rings. The summed E-state index contributed by atoms with van der Waals surface area (Å²) in [6, 6.07) is 3.83. The number of carbonyl (C=O) groups is 1. The van der Waals surface area contributed by atoms with Gasteiger partial charge in [0.05, 0.1) is 22.9 Å². The van der Waals surface area contributed by atoms with Gasteiger partial charge < -0.3 is 14.5 Å². The van der Waals surface area contributed by atoms with E-state index in [9.17, 15) is 9.00 Å². The summed E-state index contributed by atoms with van der Waals surface area (Å²) >= 11 is 1.53. The quantitative estimate of drug-likeness (QED) is 0.739. The zero-order valence-electron chi connectivity index (χ0n) is 12.5. The van der Waals surface area contributed by atoms with Gasteiger partial charge in [-0.05, 0) is 18.4 Å². The second-order valence-electron chi connectivity index (χ2n) is 4.57. The number of aromatic nitrogens is 1. The summed E-state index contributed by atoms with van der Waals surface area (Å²) in [6.07, 6.45) is 0. The third kappa shape index (κ3) is 4.75. The number of aryl methyl sites for hydroxylation is 1. The Morgan fingerprint density at radius 2 is 2.36 bits per heavy atom. The lowest BCUT2D eigenvalue weighted by Crippen LogP contribution is -2.31. The van der Waals surface area contributed by atoms with Crippen LogP contribution in [0.3, 0.4) is 0 Å². The Hall–Kier alpha value is -1.51. The van der Waals surface area contributed by atoms with Gasteiger partial charge in [0.15, 0.2) is 0 Å². The van der Waals surface area contributed by atoms with Gasteiger partial charge in [-0.25, -0.2) is 4.98 Å². The van der Waals surface area contributed by atoms with E-state index in [1.165, 1.54) is 11.3 Å². The van der Waals surface area contributed by atoms with Crippen molar-refractivity contribution in [1.82, 2.24) is 10.3 Å². The summed E-state index contributed by atoms with van der Waals surface area (Å²) in [4.78, 5) is 16.9. The van der Waals surface area contributed by atoms with Crippen LogP contribution in [-0.2, 0) is 26.1 Å². The van der Waals surface area contributed by atoms with Crippen LogP contribution in [0.25, 0.3) is 10.8 Å². The van der Waals surface area contributed by atoms with Gasteiger partial charge in [-0.2, -0.15) is 0 Å². The molecule has 6 nitrogen and oxygen atoms in total. The summed E-state index contributed by atoms with van der Waals surface area (Å²) in [6.45, 7) is 2.64. The lowest BCUT2D eigenvalue weighted by Gasteiger charge is -2.03. The SMILES string of the molecule is COCCNC(=O)C[S@@](=O)Cc1nc(-c2cccs2)oc1C. The zero-order chi connectivity index (χ0) is 15.9. The predicted molar refractivity (Wildman–Crippen MR) is 86.2 cm³/mol. The van der Waals surface area contributed by atoms with E-state index in [0.29, 0.717) is 30.5 Å². The van der Waals surface area contributed by atoms with Crippen molar-refractivity contribution in [3.8, 4) is 10.8 Å². The van der Waals surface area contributed by atoms with Gasteiger partial charge in [0.25, 0.3) is 0 Å². The predicted octanol–water partition coefficient (Wildman–Crippen LogP) is 1.72. The summed E-state index contributed by atoms with van der Waals surface area (Å²) < 4.78 is 22.5. The Kier molecular flexibility index (Phi) is 6.29. The zero-order valence-corrected chi connectivity index (χ0v) is 14.1. The largest absolute Gasteiger partial charge is 0.440 e. The van der Waals surface area contributed by atoms with Gasteiger partial charge >= 0.3 is 0 Å². The van der Waals surface area contributed by atoms with Gasteiger partial charge in [-0.1, -0.05) is 6.07 Å². The number of amides is 1. The first-order valence-corrected chi connectivity index (χ1v) is 9.07. The molecule has 0 aromatic carbocycles. The first-order valence-electron chi connectivity index (χ1n) is 6.71. The average Bonchev–Trinajstić information content (AvgIpc) is 3.09. The molecule has 0 aliphatic rings. The number of methoxy groups -OCH3 is 1. The fourth-order valence-corrected chi connectivity index (χ4v) is 3.48. The standard InChI is InChI=1S/C14H18N2O4S2/c1-10-11(16-14(20-10)12-4-3-7-21-12)8-22(18)9-13(17)15-5-6-19-2/h3-4,7H,5-6,8-9H2,1-2H3,(H,15,17)/t22-/m0/s1. The van der Waals surface area contributed by atoms with Crippen molar-refractivity contribution in [3.63, 3.8) is 0 Å². The molecule has 0 unspecified atom stereocenters. The molecule has 2 heterocycles. The Balaban J connectivity index is 1.90. The van der Waals surface area contributed by atoms with Gasteiger partial charge in [0.1, 0.15) is 11.5 Å². The molecule has 0 spiro atoms. The number of oxazole rings is 1. The maximum Gasteiger partial charge on any atom is 0.236 e. The molecular weight excluding hydrogens is 324 g/mol. The summed E-state index contributed by atoms with van der Waals surface area (Å²) in [7, 11) is 0.236. The molecule has 0 radical (unpaired) electrons. The Labute approximate surface area is 135 Å². The van der Waals surface area contributed by atoms with E-state index in [4.69, 9.17) is 9.15 Å². The molecule has 120 valence electrons. The molecule has 0 aliphatic carbocycles. The lowest BCUT2D eigenvalue weighted by molar-refractivity contribution is -0.118. The normalized spacial score (nSPS) is 12.3. The molecule has 1 atom stereocenters. The molecule has 0 saturated carbocycles. The smallest absolute Gasteiger partial charge is 0.236 e. The van der Waals surface area contributed by atoms with Crippen LogP contribution in [0.15, 0.2) is 21.9 Å². The Bertz CT molecular complexity index is 637. The summed E-state index contributed by atoms with van der Waals surface area (Å²) in [5.74, 6) is 1.07. The third-order valence-corrected chi connectivity index (χ3v) is 4.88. The van der Waals surface area contributed by atoms with Crippen LogP contribution >= 0.6 is 11.3 Å².